The highest BCUT2D eigenvalue weighted by atomic mass is 127. The predicted molar refractivity (Wildman–Crippen MR) is 99.1 cm³/mol. The van der Waals surface area contributed by atoms with E-state index in [4.69, 9.17) is 9.26 Å². The van der Waals surface area contributed by atoms with Crippen LogP contribution in [0.4, 0.5) is 0 Å². The number of halogens is 1. The van der Waals surface area contributed by atoms with Crippen molar-refractivity contribution < 1.29 is 9.26 Å². The molecule has 0 aromatic carbocycles. The Hall–Kier alpha value is -0.940. The molecular formula is C14H27IN6O2. The van der Waals surface area contributed by atoms with E-state index in [1.807, 2.05) is 0 Å². The molecule has 0 aliphatic carbocycles. The maximum atomic E-state index is 5.41. The topological polar surface area (TPSA) is 87.8 Å². The van der Waals surface area contributed by atoms with Gasteiger partial charge in [-0.05, 0) is 20.8 Å². The standard InChI is InChI=1S/C14H26N6O2.HI/c1-11-18-12(22-19-11)9-16-13(15-4)17-10-14(2,3)20-5-7-21-8-6-20;/h5-10H2,1-4H3,(H2,15,16,17);1H. The Labute approximate surface area is 154 Å². The van der Waals surface area contributed by atoms with Crippen molar-refractivity contribution in [3.05, 3.63) is 11.7 Å². The van der Waals surface area contributed by atoms with Gasteiger partial charge < -0.3 is 19.9 Å². The lowest BCUT2D eigenvalue weighted by Crippen LogP contribution is -2.56. The summed E-state index contributed by atoms with van der Waals surface area (Å²) in [4.78, 5) is 10.8. The lowest BCUT2D eigenvalue weighted by molar-refractivity contribution is -0.00834. The Morgan fingerprint density at radius 2 is 2.00 bits per heavy atom. The fraction of sp³-hybridized carbons (Fsp3) is 0.786. The zero-order valence-electron chi connectivity index (χ0n) is 14.3. The zero-order valence-corrected chi connectivity index (χ0v) is 16.6. The number of hydrogen-bond acceptors (Lipinski definition) is 6. The average Bonchev–Trinajstić information content (AvgIpc) is 2.94. The van der Waals surface area contributed by atoms with Crippen LogP contribution in [0.5, 0.6) is 0 Å². The van der Waals surface area contributed by atoms with Gasteiger partial charge in [0.05, 0.1) is 19.8 Å². The van der Waals surface area contributed by atoms with Crippen LogP contribution in [-0.2, 0) is 11.3 Å². The summed E-state index contributed by atoms with van der Waals surface area (Å²) in [5, 5.41) is 10.3. The van der Waals surface area contributed by atoms with Crippen LogP contribution in [0.25, 0.3) is 0 Å². The van der Waals surface area contributed by atoms with Crippen LogP contribution in [0.15, 0.2) is 9.52 Å². The molecule has 0 bridgehead atoms. The van der Waals surface area contributed by atoms with Crippen LogP contribution >= 0.6 is 24.0 Å². The van der Waals surface area contributed by atoms with Crippen LogP contribution in [0.1, 0.15) is 25.6 Å². The molecule has 0 saturated carbocycles. The maximum absolute atomic E-state index is 5.41. The van der Waals surface area contributed by atoms with Crippen molar-refractivity contribution >= 4 is 29.9 Å². The predicted octanol–water partition coefficient (Wildman–Crippen LogP) is 0.772. The highest BCUT2D eigenvalue weighted by molar-refractivity contribution is 14.0. The first-order valence-electron chi connectivity index (χ1n) is 7.58. The van der Waals surface area contributed by atoms with Crippen LogP contribution < -0.4 is 10.6 Å². The van der Waals surface area contributed by atoms with Crippen molar-refractivity contribution in [2.75, 3.05) is 39.9 Å². The number of nitrogens with zero attached hydrogens (tertiary/aromatic N) is 4. The molecule has 1 fully saturated rings. The number of rotatable bonds is 5. The van der Waals surface area contributed by atoms with Crippen LogP contribution in [0, 0.1) is 6.92 Å². The van der Waals surface area contributed by atoms with Crippen molar-refractivity contribution in [3.63, 3.8) is 0 Å². The number of aliphatic imine (C=N–C) groups is 1. The summed E-state index contributed by atoms with van der Waals surface area (Å²) in [6.07, 6.45) is 0. The lowest BCUT2D eigenvalue weighted by Gasteiger charge is -2.41. The Morgan fingerprint density at radius 1 is 1.30 bits per heavy atom. The molecule has 1 aromatic rings. The summed E-state index contributed by atoms with van der Waals surface area (Å²) in [5.74, 6) is 1.90. The molecule has 1 aromatic heterocycles. The molecule has 1 aliphatic heterocycles. The van der Waals surface area contributed by atoms with E-state index in [-0.39, 0.29) is 29.5 Å². The first kappa shape index (κ1) is 20.1. The highest BCUT2D eigenvalue weighted by Gasteiger charge is 2.28. The van der Waals surface area contributed by atoms with Gasteiger partial charge in [0.2, 0.25) is 5.89 Å². The van der Waals surface area contributed by atoms with Gasteiger partial charge in [-0.15, -0.1) is 24.0 Å². The van der Waals surface area contributed by atoms with E-state index in [0.29, 0.717) is 18.3 Å². The van der Waals surface area contributed by atoms with Crippen molar-refractivity contribution in [2.24, 2.45) is 4.99 Å². The van der Waals surface area contributed by atoms with E-state index in [9.17, 15) is 0 Å². The molecule has 8 nitrogen and oxygen atoms in total. The third kappa shape index (κ3) is 6.22. The SMILES string of the molecule is CN=C(NCc1nc(C)no1)NCC(C)(C)N1CCOCC1.I. The van der Waals surface area contributed by atoms with Crippen LogP contribution in [-0.4, -0.2) is 66.4 Å². The maximum Gasteiger partial charge on any atom is 0.246 e. The molecule has 23 heavy (non-hydrogen) atoms. The number of morpholine rings is 1. The number of aromatic nitrogens is 2. The monoisotopic (exact) mass is 438 g/mol. The molecular weight excluding hydrogens is 411 g/mol. The van der Waals surface area contributed by atoms with E-state index in [0.717, 1.165) is 38.8 Å². The molecule has 0 spiro atoms. The summed E-state index contributed by atoms with van der Waals surface area (Å²) in [5.41, 5.74) is 0.0302. The second-order valence-corrected chi connectivity index (χ2v) is 5.93. The van der Waals surface area contributed by atoms with Gasteiger partial charge in [-0.25, -0.2) is 0 Å². The molecule has 0 amide bonds. The first-order valence-corrected chi connectivity index (χ1v) is 7.58. The molecule has 1 saturated heterocycles. The molecule has 0 radical (unpaired) electrons. The molecule has 2 rings (SSSR count). The highest BCUT2D eigenvalue weighted by Crippen LogP contribution is 2.14. The van der Waals surface area contributed by atoms with E-state index >= 15 is 0 Å². The number of ether oxygens (including phenoxy) is 1. The molecule has 2 heterocycles. The van der Waals surface area contributed by atoms with Gasteiger partial charge in [-0.2, -0.15) is 4.98 Å². The second kappa shape index (κ2) is 9.38. The summed E-state index contributed by atoms with van der Waals surface area (Å²) in [6, 6.07) is 0. The summed E-state index contributed by atoms with van der Waals surface area (Å²) >= 11 is 0. The largest absolute Gasteiger partial charge is 0.379 e. The minimum atomic E-state index is 0. The first-order chi connectivity index (χ1) is 10.5. The van der Waals surface area contributed by atoms with Crippen LogP contribution in [0.2, 0.25) is 0 Å². The van der Waals surface area contributed by atoms with Crippen molar-refractivity contribution in [3.8, 4) is 0 Å². The smallest absolute Gasteiger partial charge is 0.246 e. The van der Waals surface area contributed by atoms with Crippen molar-refractivity contribution in [1.29, 1.82) is 0 Å². The quantitative estimate of drug-likeness (QED) is 0.399. The average molecular weight is 438 g/mol. The summed E-state index contributed by atoms with van der Waals surface area (Å²) in [6.45, 7) is 11.0. The normalized spacial score (nSPS) is 16.8. The Bertz CT molecular complexity index is 499. The fourth-order valence-electron chi connectivity index (χ4n) is 2.37. The van der Waals surface area contributed by atoms with Crippen molar-refractivity contribution in [2.45, 2.75) is 32.9 Å². The molecule has 0 atom stereocenters. The van der Waals surface area contributed by atoms with Gasteiger partial charge in [0, 0.05) is 32.2 Å². The van der Waals surface area contributed by atoms with E-state index in [1.165, 1.54) is 0 Å². The Kier molecular flexibility index (Phi) is 8.20. The van der Waals surface area contributed by atoms with Gasteiger partial charge in [0.15, 0.2) is 11.8 Å². The lowest BCUT2D eigenvalue weighted by atomic mass is 10.0. The van der Waals surface area contributed by atoms with Gasteiger partial charge in [-0.1, -0.05) is 5.16 Å². The van der Waals surface area contributed by atoms with E-state index in [1.54, 1.807) is 14.0 Å². The second-order valence-electron chi connectivity index (χ2n) is 5.93. The number of hydrogen-bond donors (Lipinski definition) is 2. The third-order valence-corrected chi connectivity index (χ3v) is 3.76. The van der Waals surface area contributed by atoms with Gasteiger partial charge in [0.1, 0.15) is 0 Å². The minimum absolute atomic E-state index is 0. The van der Waals surface area contributed by atoms with E-state index in [2.05, 4.69) is 44.5 Å². The Morgan fingerprint density at radius 3 is 2.57 bits per heavy atom. The van der Waals surface area contributed by atoms with Gasteiger partial charge in [0.25, 0.3) is 0 Å². The van der Waals surface area contributed by atoms with Crippen molar-refractivity contribution in [1.82, 2.24) is 25.7 Å². The summed E-state index contributed by atoms with van der Waals surface area (Å²) < 4.78 is 10.5. The van der Waals surface area contributed by atoms with Crippen LogP contribution in [0.3, 0.4) is 0 Å². The zero-order chi connectivity index (χ0) is 16.0. The summed E-state index contributed by atoms with van der Waals surface area (Å²) in [7, 11) is 1.75. The molecule has 0 unspecified atom stereocenters. The molecule has 132 valence electrons. The fourth-order valence-corrected chi connectivity index (χ4v) is 2.37. The molecule has 9 heteroatoms. The minimum Gasteiger partial charge on any atom is -0.379 e. The number of guanidine groups is 1. The Balaban J connectivity index is 0.00000264. The third-order valence-electron chi connectivity index (χ3n) is 3.76. The van der Waals surface area contributed by atoms with E-state index < -0.39 is 0 Å². The number of aryl methyl sites for hydroxylation is 1. The number of nitrogens with one attached hydrogen (secondary N) is 2. The molecule has 2 N–H and O–H groups in total. The molecule has 1 aliphatic rings. The van der Waals surface area contributed by atoms with Gasteiger partial charge >= 0.3 is 0 Å². The van der Waals surface area contributed by atoms with Gasteiger partial charge in [-0.3, -0.25) is 9.89 Å².